The second-order valence-electron chi connectivity index (χ2n) is 6.71. The average Bonchev–Trinajstić information content (AvgIpc) is 2.80. The number of nitrogens with one attached hydrogen (secondary N) is 1. The van der Waals surface area contributed by atoms with Gasteiger partial charge in [-0.15, -0.1) is 0 Å². The Hall–Kier alpha value is -2.43. The van der Waals surface area contributed by atoms with Crippen molar-refractivity contribution in [2.24, 2.45) is 11.8 Å². The number of anilines is 1. The second kappa shape index (κ2) is 6.59. The van der Waals surface area contributed by atoms with Gasteiger partial charge in [-0.05, 0) is 30.4 Å². The Labute approximate surface area is 141 Å². The first-order valence-electron chi connectivity index (χ1n) is 8.38. The molecule has 24 heavy (non-hydrogen) atoms. The molecule has 5 nitrogen and oxygen atoms in total. The molecule has 0 aromatic heterocycles. The van der Waals surface area contributed by atoms with Crippen LogP contribution in [0.2, 0.25) is 0 Å². The van der Waals surface area contributed by atoms with Crippen molar-refractivity contribution in [3.63, 3.8) is 0 Å². The van der Waals surface area contributed by atoms with Gasteiger partial charge in [0.15, 0.2) is 0 Å². The molecule has 0 bridgehead atoms. The summed E-state index contributed by atoms with van der Waals surface area (Å²) >= 11 is 0. The lowest BCUT2D eigenvalue weighted by Gasteiger charge is -2.17. The van der Waals surface area contributed by atoms with Gasteiger partial charge >= 0.3 is 0 Å². The molecular weight excluding hydrogens is 304 g/mol. The van der Waals surface area contributed by atoms with Gasteiger partial charge in [0.05, 0.1) is 11.8 Å². The van der Waals surface area contributed by atoms with E-state index in [1.165, 1.54) is 0 Å². The first-order chi connectivity index (χ1) is 11.5. The number of benzene rings is 1. The zero-order valence-electron chi connectivity index (χ0n) is 14.0. The van der Waals surface area contributed by atoms with Crippen LogP contribution in [-0.4, -0.2) is 29.2 Å². The molecule has 1 aromatic carbocycles. The molecule has 0 spiro atoms. The normalized spacial score (nSPS) is 22.9. The molecule has 3 rings (SSSR count). The van der Waals surface area contributed by atoms with E-state index < -0.39 is 0 Å². The Bertz CT molecular complexity index is 682. The summed E-state index contributed by atoms with van der Waals surface area (Å²) in [5.41, 5.74) is 1.76. The second-order valence-corrected chi connectivity index (χ2v) is 6.71. The third kappa shape index (κ3) is 2.98. The van der Waals surface area contributed by atoms with Crippen LogP contribution in [0.4, 0.5) is 5.69 Å². The molecule has 1 aliphatic heterocycles. The summed E-state index contributed by atoms with van der Waals surface area (Å²) in [5.74, 6) is -1.10. The average molecular weight is 326 g/mol. The minimum atomic E-state index is -0.337. The van der Waals surface area contributed by atoms with E-state index in [2.05, 4.69) is 19.2 Å². The van der Waals surface area contributed by atoms with Gasteiger partial charge in [0.2, 0.25) is 17.7 Å². The Kier molecular flexibility index (Phi) is 4.51. The molecule has 5 heteroatoms. The summed E-state index contributed by atoms with van der Waals surface area (Å²) in [6.45, 7) is 3.89. The van der Waals surface area contributed by atoms with Gasteiger partial charge in [-0.3, -0.25) is 19.3 Å². The molecule has 126 valence electrons. The summed E-state index contributed by atoms with van der Waals surface area (Å²) in [7, 11) is 0. The summed E-state index contributed by atoms with van der Waals surface area (Å²) in [6.07, 6.45) is 5.05. The molecule has 3 amide bonds. The number of amides is 3. The van der Waals surface area contributed by atoms with Crippen molar-refractivity contribution in [3.8, 4) is 0 Å². The standard InChI is InChI=1S/C19H22N2O3/c1-12(2)13-7-5-6-10-16(13)20-17(22)11-21-18(23)14-8-3-4-9-15(14)19(21)24/h3-7,10,12,14-15H,8-9,11H2,1-2H3,(H,20,22)/t14-,15-/m0/s1. The third-order valence-electron chi connectivity index (χ3n) is 4.76. The number of carbonyl (C=O) groups is 3. The fraction of sp³-hybridized carbons (Fsp3) is 0.421. The van der Waals surface area contributed by atoms with E-state index in [-0.39, 0.29) is 42.0 Å². The van der Waals surface area contributed by atoms with E-state index in [1.807, 2.05) is 36.4 Å². The minimum Gasteiger partial charge on any atom is -0.324 e. The minimum absolute atomic E-state index is 0.211. The predicted molar refractivity (Wildman–Crippen MR) is 91.2 cm³/mol. The predicted octanol–water partition coefficient (Wildman–Crippen LogP) is 2.70. The maximum atomic E-state index is 12.4. The van der Waals surface area contributed by atoms with E-state index in [9.17, 15) is 14.4 Å². The maximum absolute atomic E-state index is 12.4. The smallest absolute Gasteiger partial charge is 0.244 e. The van der Waals surface area contributed by atoms with Crippen molar-refractivity contribution >= 4 is 23.4 Å². The quantitative estimate of drug-likeness (QED) is 0.683. The summed E-state index contributed by atoms with van der Waals surface area (Å²) < 4.78 is 0. The fourth-order valence-electron chi connectivity index (χ4n) is 3.47. The number of allylic oxidation sites excluding steroid dienone is 2. The topological polar surface area (TPSA) is 66.5 Å². The molecule has 1 saturated heterocycles. The van der Waals surface area contributed by atoms with Gasteiger partial charge in [0, 0.05) is 5.69 Å². The monoisotopic (exact) mass is 326 g/mol. The Morgan fingerprint density at radius 3 is 2.29 bits per heavy atom. The van der Waals surface area contributed by atoms with Crippen molar-refractivity contribution in [1.29, 1.82) is 0 Å². The Balaban J connectivity index is 1.70. The molecule has 1 aromatic rings. The Morgan fingerprint density at radius 2 is 1.71 bits per heavy atom. The number of nitrogens with zero attached hydrogens (tertiary/aromatic N) is 1. The summed E-state index contributed by atoms with van der Waals surface area (Å²) in [6, 6.07) is 7.58. The first-order valence-corrected chi connectivity index (χ1v) is 8.38. The SMILES string of the molecule is CC(C)c1ccccc1NC(=O)CN1C(=O)[C@H]2CC=CC[C@@H]2C1=O. The van der Waals surface area contributed by atoms with E-state index in [0.717, 1.165) is 16.2 Å². The van der Waals surface area contributed by atoms with Crippen molar-refractivity contribution in [3.05, 3.63) is 42.0 Å². The van der Waals surface area contributed by atoms with Crippen molar-refractivity contribution < 1.29 is 14.4 Å². The van der Waals surface area contributed by atoms with Crippen molar-refractivity contribution in [1.82, 2.24) is 4.90 Å². The van der Waals surface area contributed by atoms with Crippen LogP contribution < -0.4 is 5.32 Å². The molecule has 1 N–H and O–H groups in total. The molecule has 1 fully saturated rings. The van der Waals surface area contributed by atoms with E-state index >= 15 is 0 Å². The largest absolute Gasteiger partial charge is 0.324 e. The van der Waals surface area contributed by atoms with Crippen LogP contribution in [0.15, 0.2) is 36.4 Å². The summed E-state index contributed by atoms with van der Waals surface area (Å²) in [5, 5.41) is 2.84. The molecule has 0 unspecified atom stereocenters. The number of rotatable bonds is 4. The van der Waals surface area contributed by atoms with Gasteiger partial charge in [-0.2, -0.15) is 0 Å². The molecule has 1 heterocycles. The summed E-state index contributed by atoms with van der Waals surface area (Å²) in [4.78, 5) is 38.3. The van der Waals surface area contributed by atoms with Gasteiger partial charge in [-0.1, -0.05) is 44.2 Å². The maximum Gasteiger partial charge on any atom is 0.244 e. The number of likely N-dealkylation sites (tertiary alicyclic amines) is 1. The number of hydrogen-bond acceptors (Lipinski definition) is 3. The van der Waals surface area contributed by atoms with E-state index in [0.29, 0.717) is 12.8 Å². The molecule has 2 aliphatic rings. The van der Waals surface area contributed by atoms with Crippen LogP contribution in [-0.2, 0) is 14.4 Å². The molecular formula is C19H22N2O3. The number of fused-ring (bicyclic) bond motifs is 1. The van der Waals surface area contributed by atoms with Crippen LogP contribution in [0.5, 0.6) is 0 Å². The molecule has 0 radical (unpaired) electrons. The zero-order valence-corrected chi connectivity index (χ0v) is 14.0. The van der Waals surface area contributed by atoms with E-state index in [4.69, 9.17) is 0 Å². The van der Waals surface area contributed by atoms with Crippen LogP contribution in [0.25, 0.3) is 0 Å². The Morgan fingerprint density at radius 1 is 1.12 bits per heavy atom. The highest BCUT2D eigenvalue weighted by Crippen LogP contribution is 2.35. The van der Waals surface area contributed by atoms with Gasteiger partial charge in [0.1, 0.15) is 6.54 Å². The molecule has 1 aliphatic carbocycles. The first kappa shape index (κ1) is 16.4. The van der Waals surface area contributed by atoms with Crippen LogP contribution >= 0.6 is 0 Å². The van der Waals surface area contributed by atoms with E-state index in [1.54, 1.807) is 0 Å². The lowest BCUT2D eigenvalue weighted by atomic mass is 9.85. The fourth-order valence-corrected chi connectivity index (χ4v) is 3.47. The van der Waals surface area contributed by atoms with Crippen molar-refractivity contribution in [2.75, 3.05) is 11.9 Å². The lowest BCUT2D eigenvalue weighted by Crippen LogP contribution is -2.38. The van der Waals surface area contributed by atoms with Crippen molar-refractivity contribution in [2.45, 2.75) is 32.6 Å². The highest BCUT2D eigenvalue weighted by atomic mass is 16.2. The number of carbonyl (C=O) groups excluding carboxylic acids is 3. The van der Waals surface area contributed by atoms with Gasteiger partial charge in [-0.25, -0.2) is 0 Å². The number of hydrogen-bond donors (Lipinski definition) is 1. The molecule has 2 atom stereocenters. The zero-order chi connectivity index (χ0) is 17.3. The van der Waals surface area contributed by atoms with Crippen LogP contribution in [0, 0.1) is 11.8 Å². The highest BCUT2D eigenvalue weighted by Gasteiger charge is 2.47. The third-order valence-corrected chi connectivity index (χ3v) is 4.76. The van der Waals surface area contributed by atoms with Gasteiger partial charge in [0.25, 0.3) is 0 Å². The van der Waals surface area contributed by atoms with Crippen LogP contribution in [0.3, 0.4) is 0 Å². The van der Waals surface area contributed by atoms with Crippen LogP contribution in [0.1, 0.15) is 38.2 Å². The lowest BCUT2D eigenvalue weighted by molar-refractivity contribution is -0.142. The number of imide groups is 1. The number of para-hydroxylation sites is 1. The highest BCUT2D eigenvalue weighted by molar-refractivity contribution is 6.08. The van der Waals surface area contributed by atoms with Gasteiger partial charge < -0.3 is 5.32 Å². The molecule has 0 saturated carbocycles.